The number of hydrogen-bond donors (Lipinski definition) is 0. The molecule has 3 heterocycles. The summed E-state index contributed by atoms with van der Waals surface area (Å²) in [6, 6.07) is 40.6. The first-order valence-electron chi connectivity index (χ1n) is 12.2. The van der Waals surface area contributed by atoms with Crippen LogP contribution in [0.2, 0.25) is 0 Å². The quantitative estimate of drug-likeness (QED) is 0.185. The second-order valence-electron chi connectivity index (χ2n) is 8.94. The van der Waals surface area contributed by atoms with Gasteiger partial charge in [-0.25, -0.2) is 0 Å². The molecule has 6 aromatic rings. The number of pyridine rings is 2. The maximum Gasteiger partial charge on any atom is 2.00 e. The third kappa shape index (κ3) is 3.81. The Morgan fingerprint density at radius 3 is 2.00 bits per heavy atom. The molecular formula is C33H21N3OPt. The van der Waals surface area contributed by atoms with E-state index in [9.17, 15) is 0 Å². The molecule has 0 radical (unpaired) electrons. The Bertz CT molecular complexity index is 1670. The molecule has 0 fully saturated rings. The minimum atomic E-state index is -0.614. The fraction of sp³-hybridized carbons (Fsp3) is 0.0303. The monoisotopic (exact) mass is 670 g/mol. The molecule has 184 valence electrons. The van der Waals surface area contributed by atoms with Gasteiger partial charge in [0.25, 0.3) is 0 Å². The summed E-state index contributed by atoms with van der Waals surface area (Å²) in [7, 11) is 0. The Labute approximate surface area is 235 Å². The number of fused-ring (bicyclic) bond motifs is 3. The van der Waals surface area contributed by atoms with Gasteiger partial charge < -0.3 is 9.30 Å². The SMILES string of the molecule is [Pt+2].[c-]1c(Oc2[c-]n(-c3ccccn3)cc2)cccc1C1(c2ccccn2)c2ccccc2-c2ccccc21. The van der Waals surface area contributed by atoms with E-state index < -0.39 is 5.41 Å². The summed E-state index contributed by atoms with van der Waals surface area (Å²) in [5.74, 6) is 1.99. The van der Waals surface area contributed by atoms with E-state index in [1.807, 2.05) is 65.5 Å². The van der Waals surface area contributed by atoms with Crippen molar-refractivity contribution >= 4 is 0 Å². The van der Waals surface area contributed by atoms with Crippen molar-refractivity contribution in [3.05, 3.63) is 162 Å². The fourth-order valence-electron chi connectivity index (χ4n) is 5.39. The molecule has 3 aromatic heterocycles. The van der Waals surface area contributed by atoms with Crippen LogP contribution in [-0.4, -0.2) is 14.5 Å². The number of ether oxygens (including phenoxy) is 1. The smallest absolute Gasteiger partial charge is 0.502 e. The number of benzene rings is 3. The average Bonchev–Trinajstić information content (AvgIpc) is 3.55. The average molecular weight is 671 g/mol. The van der Waals surface area contributed by atoms with Crippen LogP contribution in [-0.2, 0) is 26.5 Å². The molecule has 0 N–H and O–H groups in total. The van der Waals surface area contributed by atoms with Crippen molar-refractivity contribution < 1.29 is 25.8 Å². The molecule has 0 spiro atoms. The summed E-state index contributed by atoms with van der Waals surface area (Å²) in [4.78, 5) is 9.26. The molecule has 0 aliphatic heterocycles. The summed E-state index contributed by atoms with van der Waals surface area (Å²) >= 11 is 0. The maximum absolute atomic E-state index is 6.26. The van der Waals surface area contributed by atoms with Gasteiger partial charge >= 0.3 is 21.1 Å². The summed E-state index contributed by atoms with van der Waals surface area (Å²) in [6.45, 7) is 0. The van der Waals surface area contributed by atoms with E-state index in [1.165, 1.54) is 22.3 Å². The van der Waals surface area contributed by atoms with Crippen molar-refractivity contribution in [2.75, 3.05) is 0 Å². The number of rotatable bonds is 5. The van der Waals surface area contributed by atoms with Gasteiger partial charge in [0.1, 0.15) is 0 Å². The largest absolute Gasteiger partial charge is 2.00 e. The van der Waals surface area contributed by atoms with Crippen LogP contribution < -0.4 is 4.74 Å². The van der Waals surface area contributed by atoms with E-state index in [0.29, 0.717) is 11.5 Å². The summed E-state index contributed by atoms with van der Waals surface area (Å²) < 4.78 is 8.07. The molecule has 0 atom stereocenters. The van der Waals surface area contributed by atoms with Crippen LogP contribution >= 0.6 is 0 Å². The van der Waals surface area contributed by atoms with Gasteiger partial charge in [0.15, 0.2) is 0 Å². The van der Waals surface area contributed by atoms with Gasteiger partial charge in [-0.3, -0.25) is 9.97 Å². The van der Waals surface area contributed by atoms with Gasteiger partial charge in [0.05, 0.1) is 22.7 Å². The number of aromatic nitrogens is 3. The first-order chi connectivity index (χ1) is 18.3. The van der Waals surface area contributed by atoms with Gasteiger partial charge in [-0.05, 0) is 46.6 Å². The molecule has 1 aliphatic rings. The van der Waals surface area contributed by atoms with Gasteiger partial charge in [0, 0.05) is 18.1 Å². The first kappa shape index (κ1) is 24.1. The second kappa shape index (κ2) is 9.89. The zero-order valence-corrected chi connectivity index (χ0v) is 22.5. The zero-order chi connectivity index (χ0) is 24.7. The molecule has 0 unspecified atom stereocenters. The van der Waals surface area contributed by atoms with Gasteiger partial charge in [-0.1, -0.05) is 66.7 Å². The molecule has 0 saturated heterocycles. The minimum absolute atomic E-state index is 0. The standard InChI is InChI=1S/C33H21N3O.Pt/c1-3-14-29-27(12-1)28-13-2-4-15-30(28)33(29,31-16-5-7-19-34-31)24-10-9-11-25(22-24)37-26-18-21-36(23-26)32-17-6-8-20-35-32;/h1-21H;/q-2;+2. The van der Waals surface area contributed by atoms with Crippen LogP contribution in [0.1, 0.15) is 22.4 Å². The third-order valence-corrected chi connectivity index (χ3v) is 6.90. The van der Waals surface area contributed by atoms with Gasteiger partial charge in [0.2, 0.25) is 0 Å². The maximum atomic E-state index is 6.26. The molecule has 1 aliphatic carbocycles. The topological polar surface area (TPSA) is 39.9 Å². The summed E-state index contributed by atoms with van der Waals surface area (Å²) in [5, 5.41) is 0. The van der Waals surface area contributed by atoms with E-state index in [2.05, 4.69) is 77.9 Å². The summed E-state index contributed by atoms with van der Waals surface area (Å²) in [5.41, 5.74) is 6.12. The Kier molecular flexibility index (Phi) is 6.27. The van der Waals surface area contributed by atoms with E-state index in [4.69, 9.17) is 9.72 Å². The van der Waals surface area contributed by atoms with Gasteiger partial charge in [-0.15, -0.1) is 30.0 Å². The van der Waals surface area contributed by atoms with E-state index in [-0.39, 0.29) is 21.1 Å². The van der Waals surface area contributed by atoms with Gasteiger partial charge in [-0.2, -0.15) is 12.1 Å². The second-order valence-corrected chi connectivity index (χ2v) is 8.94. The van der Waals surface area contributed by atoms with Crippen molar-refractivity contribution in [1.82, 2.24) is 14.5 Å². The number of hydrogen-bond acceptors (Lipinski definition) is 3. The predicted molar refractivity (Wildman–Crippen MR) is 143 cm³/mol. The van der Waals surface area contributed by atoms with E-state index in [0.717, 1.165) is 17.1 Å². The zero-order valence-electron chi connectivity index (χ0n) is 20.2. The van der Waals surface area contributed by atoms with E-state index in [1.54, 1.807) is 6.20 Å². The van der Waals surface area contributed by atoms with Crippen LogP contribution in [0.25, 0.3) is 16.9 Å². The molecule has 0 bridgehead atoms. The van der Waals surface area contributed by atoms with Crippen LogP contribution in [0.15, 0.2) is 128 Å². The fourth-order valence-corrected chi connectivity index (χ4v) is 5.39. The van der Waals surface area contributed by atoms with Crippen LogP contribution in [0.3, 0.4) is 0 Å². The molecule has 0 amide bonds. The molecule has 0 saturated carbocycles. The normalized spacial score (nSPS) is 12.7. The molecule has 38 heavy (non-hydrogen) atoms. The molecular weight excluding hydrogens is 649 g/mol. The van der Waals surface area contributed by atoms with Crippen molar-refractivity contribution in [1.29, 1.82) is 0 Å². The van der Waals surface area contributed by atoms with Crippen molar-refractivity contribution in [3.63, 3.8) is 0 Å². The van der Waals surface area contributed by atoms with Crippen molar-refractivity contribution in [3.8, 4) is 28.4 Å². The molecule has 5 heteroatoms. The Morgan fingerprint density at radius 1 is 0.632 bits per heavy atom. The van der Waals surface area contributed by atoms with E-state index >= 15 is 0 Å². The molecule has 4 nitrogen and oxygen atoms in total. The number of nitrogens with zero attached hydrogens (tertiary/aromatic N) is 3. The Hall–Kier alpha value is -4.27. The Balaban J connectivity index is 0.00000264. The van der Waals surface area contributed by atoms with Crippen molar-refractivity contribution in [2.45, 2.75) is 5.41 Å². The van der Waals surface area contributed by atoms with Crippen LogP contribution in [0.5, 0.6) is 11.5 Å². The molecule has 7 rings (SSSR count). The molecule has 3 aromatic carbocycles. The predicted octanol–water partition coefficient (Wildman–Crippen LogP) is 7.02. The van der Waals surface area contributed by atoms with Crippen LogP contribution in [0.4, 0.5) is 0 Å². The minimum Gasteiger partial charge on any atom is -0.502 e. The third-order valence-electron chi connectivity index (χ3n) is 6.90. The Morgan fingerprint density at radius 2 is 1.32 bits per heavy atom. The van der Waals surface area contributed by atoms with Crippen molar-refractivity contribution in [2.24, 2.45) is 0 Å². The van der Waals surface area contributed by atoms with Crippen LogP contribution in [0, 0.1) is 12.3 Å². The first-order valence-corrected chi connectivity index (χ1v) is 12.2. The summed E-state index contributed by atoms with van der Waals surface area (Å²) in [6.07, 6.45) is 8.74.